The van der Waals surface area contributed by atoms with Gasteiger partial charge in [0.25, 0.3) is 0 Å². The first-order valence-corrected chi connectivity index (χ1v) is 10.2. The van der Waals surface area contributed by atoms with Crippen LogP contribution < -0.4 is 5.11 Å². The summed E-state index contributed by atoms with van der Waals surface area (Å²) in [7, 11) is 1.51. The highest BCUT2D eigenvalue weighted by molar-refractivity contribution is 5.80. The predicted molar refractivity (Wildman–Crippen MR) is 102 cm³/mol. The van der Waals surface area contributed by atoms with E-state index in [4.69, 9.17) is 0 Å². The molecule has 146 valence electrons. The summed E-state index contributed by atoms with van der Waals surface area (Å²) < 4.78 is 0. The molecule has 0 radical (unpaired) electrons. The number of carboxylic acid groups (broad SMARTS) is 1. The van der Waals surface area contributed by atoms with E-state index in [9.17, 15) is 14.7 Å². The number of hydrogen-bond acceptors (Lipinski definition) is 3. The van der Waals surface area contributed by atoms with Crippen LogP contribution in [0.1, 0.15) is 96.8 Å². The Labute approximate surface area is 154 Å². The van der Waals surface area contributed by atoms with Gasteiger partial charge in [0.2, 0.25) is 5.91 Å². The van der Waals surface area contributed by atoms with E-state index in [2.05, 4.69) is 19.1 Å². The molecule has 0 aliphatic heterocycles. The first-order valence-electron chi connectivity index (χ1n) is 10.2. The number of carbonyl (C=O) groups is 2. The first-order chi connectivity index (χ1) is 12.1. The maximum atomic E-state index is 11.6. The number of allylic oxidation sites excluding steroid dienone is 2. The molecular weight excluding hydrogens is 314 g/mol. The summed E-state index contributed by atoms with van der Waals surface area (Å²) in [6, 6.07) is 0. The number of carbonyl (C=O) groups excluding carboxylic acids is 2. The lowest BCUT2D eigenvalue weighted by atomic mass is 10.1. The highest BCUT2D eigenvalue weighted by atomic mass is 16.4. The molecule has 0 aromatic heterocycles. The highest BCUT2D eigenvalue weighted by Gasteiger charge is 2.07. The lowest BCUT2D eigenvalue weighted by molar-refractivity contribution is -0.305. The minimum Gasteiger partial charge on any atom is -0.548 e. The number of unbranched alkanes of at least 4 members (excludes halogenated alkanes) is 11. The number of amides is 1. The van der Waals surface area contributed by atoms with Crippen LogP contribution in [0.5, 0.6) is 0 Å². The average Bonchev–Trinajstić information content (AvgIpc) is 2.57. The van der Waals surface area contributed by atoms with Crippen molar-refractivity contribution in [1.82, 2.24) is 4.90 Å². The van der Waals surface area contributed by atoms with Crippen molar-refractivity contribution >= 4 is 11.9 Å². The third kappa shape index (κ3) is 17.3. The predicted octanol–water partition coefficient (Wildman–Crippen LogP) is 4.23. The molecule has 0 bridgehead atoms. The van der Waals surface area contributed by atoms with E-state index in [1.165, 1.54) is 69.7 Å². The fraction of sp³-hybridized carbons (Fsp3) is 0.810. The molecule has 0 N–H and O–H groups in total. The zero-order valence-corrected chi connectivity index (χ0v) is 16.4. The number of nitrogens with zero attached hydrogens (tertiary/aromatic N) is 1. The highest BCUT2D eigenvalue weighted by Crippen LogP contribution is 2.10. The largest absolute Gasteiger partial charge is 0.548 e. The Morgan fingerprint density at radius 1 is 0.800 bits per heavy atom. The molecule has 0 fully saturated rings. The summed E-state index contributed by atoms with van der Waals surface area (Å²) in [5.74, 6) is -1.32. The van der Waals surface area contributed by atoms with Gasteiger partial charge in [0, 0.05) is 13.5 Å². The van der Waals surface area contributed by atoms with Gasteiger partial charge in [-0.25, -0.2) is 0 Å². The van der Waals surface area contributed by atoms with Gasteiger partial charge in [-0.3, -0.25) is 4.79 Å². The van der Waals surface area contributed by atoms with Crippen molar-refractivity contribution in [1.29, 1.82) is 0 Å². The van der Waals surface area contributed by atoms with Crippen LogP contribution >= 0.6 is 0 Å². The summed E-state index contributed by atoms with van der Waals surface area (Å²) in [5, 5.41) is 10.4. The molecule has 4 nitrogen and oxygen atoms in total. The topological polar surface area (TPSA) is 60.4 Å². The van der Waals surface area contributed by atoms with Crippen LogP contribution in [-0.4, -0.2) is 30.4 Å². The summed E-state index contributed by atoms with van der Waals surface area (Å²) in [6.07, 6.45) is 21.0. The fourth-order valence-electron chi connectivity index (χ4n) is 2.82. The van der Waals surface area contributed by atoms with E-state index in [1.807, 2.05) is 0 Å². The second-order valence-electron chi connectivity index (χ2n) is 6.96. The molecule has 0 spiro atoms. The van der Waals surface area contributed by atoms with Crippen molar-refractivity contribution in [2.45, 2.75) is 96.8 Å². The van der Waals surface area contributed by atoms with E-state index < -0.39 is 5.97 Å². The van der Waals surface area contributed by atoms with Crippen molar-refractivity contribution in [3.05, 3.63) is 12.2 Å². The van der Waals surface area contributed by atoms with Gasteiger partial charge in [-0.05, 0) is 32.1 Å². The maximum absolute atomic E-state index is 11.6. The van der Waals surface area contributed by atoms with Crippen molar-refractivity contribution in [3.8, 4) is 0 Å². The Kier molecular flexibility index (Phi) is 16.6. The quantitative estimate of drug-likeness (QED) is 0.291. The molecule has 0 aromatic carbocycles. The van der Waals surface area contributed by atoms with Crippen LogP contribution in [-0.2, 0) is 9.59 Å². The molecule has 0 aliphatic carbocycles. The normalized spacial score (nSPS) is 11.1. The van der Waals surface area contributed by atoms with Gasteiger partial charge in [-0.2, -0.15) is 0 Å². The van der Waals surface area contributed by atoms with Crippen molar-refractivity contribution < 1.29 is 14.7 Å². The van der Waals surface area contributed by atoms with Crippen LogP contribution in [0.25, 0.3) is 0 Å². The molecule has 1 amide bonds. The Bertz CT molecular complexity index is 366. The summed E-state index contributed by atoms with van der Waals surface area (Å²) in [5.41, 5.74) is 0. The third-order valence-electron chi connectivity index (χ3n) is 4.44. The number of aliphatic carboxylic acids is 1. The van der Waals surface area contributed by atoms with Crippen molar-refractivity contribution in [2.75, 3.05) is 13.6 Å². The Hall–Kier alpha value is -1.32. The minimum atomic E-state index is -1.21. The van der Waals surface area contributed by atoms with E-state index in [0.717, 1.165) is 25.7 Å². The lowest BCUT2D eigenvalue weighted by Crippen LogP contribution is -2.39. The molecule has 0 heterocycles. The van der Waals surface area contributed by atoms with Gasteiger partial charge in [-0.1, -0.05) is 70.4 Å². The minimum absolute atomic E-state index is 0.109. The number of hydrogen-bond donors (Lipinski definition) is 0. The van der Waals surface area contributed by atoms with Gasteiger partial charge in [0.15, 0.2) is 0 Å². The fourth-order valence-corrected chi connectivity index (χ4v) is 2.82. The molecule has 0 aromatic rings. The second kappa shape index (κ2) is 17.5. The first kappa shape index (κ1) is 23.7. The van der Waals surface area contributed by atoms with Crippen LogP contribution in [0, 0.1) is 0 Å². The van der Waals surface area contributed by atoms with E-state index >= 15 is 0 Å². The summed E-state index contributed by atoms with van der Waals surface area (Å²) in [4.78, 5) is 23.3. The maximum Gasteiger partial charge on any atom is 0.222 e. The van der Waals surface area contributed by atoms with E-state index in [0.29, 0.717) is 6.42 Å². The van der Waals surface area contributed by atoms with Crippen molar-refractivity contribution in [2.24, 2.45) is 0 Å². The molecule has 0 aliphatic rings. The average molecular weight is 353 g/mol. The zero-order valence-electron chi connectivity index (χ0n) is 16.4. The molecule has 0 atom stereocenters. The lowest BCUT2D eigenvalue weighted by Gasteiger charge is -2.17. The number of rotatable bonds is 17. The van der Waals surface area contributed by atoms with Crippen LogP contribution in [0.4, 0.5) is 0 Å². The molecule has 0 unspecified atom stereocenters. The van der Waals surface area contributed by atoms with E-state index in [-0.39, 0.29) is 12.5 Å². The van der Waals surface area contributed by atoms with Gasteiger partial charge < -0.3 is 14.8 Å². The molecule has 4 heteroatoms. The molecule has 0 rings (SSSR count). The van der Waals surface area contributed by atoms with Crippen molar-refractivity contribution in [3.63, 3.8) is 0 Å². The van der Waals surface area contributed by atoms with Gasteiger partial charge in [-0.15, -0.1) is 0 Å². The van der Waals surface area contributed by atoms with Crippen LogP contribution in [0.3, 0.4) is 0 Å². The second-order valence-corrected chi connectivity index (χ2v) is 6.96. The van der Waals surface area contributed by atoms with Gasteiger partial charge >= 0.3 is 0 Å². The monoisotopic (exact) mass is 352 g/mol. The van der Waals surface area contributed by atoms with Gasteiger partial charge in [0.1, 0.15) is 0 Å². The molecule has 0 saturated heterocycles. The van der Waals surface area contributed by atoms with Crippen LogP contribution in [0.2, 0.25) is 0 Å². The smallest absolute Gasteiger partial charge is 0.222 e. The Balaban J connectivity index is 3.31. The standard InChI is InChI=1S/C21H39NO3/c1-3-4-5-6-7-8-9-10-11-12-13-14-15-16-17-18-20(23)22(2)19-21(24)25/h10-11H,3-9,12-19H2,1-2H3,(H,24,25)/p-1/b11-10+. The SMILES string of the molecule is CCCCCCCC/C=C/CCCCCCCC(=O)N(C)CC(=O)[O-]. The van der Waals surface area contributed by atoms with Crippen LogP contribution in [0.15, 0.2) is 12.2 Å². The third-order valence-corrected chi connectivity index (χ3v) is 4.44. The molecule has 0 saturated carbocycles. The Morgan fingerprint density at radius 2 is 1.28 bits per heavy atom. The Morgan fingerprint density at radius 3 is 1.80 bits per heavy atom. The molecular formula is C21H38NO3-. The number of likely N-dealkylation sites (N-methyl/N-ethyl adjacent to an activating group) is 1. The molecule has 25 heavy (non-hydrogen) atoms. The number of carboxylic acids is 1. The van der Waals surface area contributed by atoms with Gasteiger partial charge in [0.05, 0.1) is 12.5 Å². The van der Waals surface area contributed by atoms with E-state index in [1.54, 1.807) is 0 Å². The summed E-state index contributed by atoms with van der Waals surface area (Å²) in [6.45, 7) is 1.94. The zero-order chi connectivity index (χ0) is 18.8. The summed E-state index contributed by atoms with van der Waals surface area (Å²) >= 11 is 0.